The molecule has 0 saturated heterocycles. The van der Waals surface area contributed by atoms with Crippen LogP contribution >= 0.6 is 0 Å². The molecule has 0 fully saturated rings. The van der Waals surface area contributed by atoms with Crippen LogP contribution in [0.4, 0.5) is 4.39 Å². The van der Waals surface area contributed by atoms with E-state index in [1.165, 1.54) is 6.07 Å². The van der Waals surface area contributed by atoms with Crippen LogP contribution in [0.3, 0.4) is 0 Å². The normalized spacial score (nSPS) is 8.92. The van der Waals surface area contributed by atoms with E-state index in [-0.39, 0.29) is 5.82 Å². The third-order valence-electron chi connectivity index (χ3n) is 1.43. The van der Waals surface area contributed by atoms with E-state index < -0.39 is 0 Å². The molecule has 0 aromatic heterocycles. The van der Waals surface area contributed by atoms with Gasteiger partial charge in [-0.25, -0.2) is 0 Å². The van der Waals surface area contributed by atoms with Gasteiger partial charge < -0.3 is 0 Å². The van der Waals surface area contributed by atoms with Crippen LogP contribution in [0, 0.1) is 11.9 Å². The molecule has 12 heavy (non-hydrogen) atoms. The van der Waals surface area contributed by atoms with Crippen LogP contribution in [-0.4, -0.2) is 23.9 Å². The number of rotatable bonds is 1. The minimum absolute atomic E-state index is 0.212. The van der Waals surface area contributed by atoms with E-state index in [4.69, 9.17) is 0 Å². The van der Waals surface area contributed by atoms with Gasteiger partial charge >= 0.3 is 79.6 Å². The molecular weight excluding hydrogens is 216 g/mol. The van der Waals surface area contributed by atoms with Gasteiger partial charge in [-0.15, -0.1) is 0 Å². The quantitative estimate of drug-likeness (QED) is 0.635. The Morgan fingerprint density at radius 1 is 1.50 bits per heavy atom. The topological polar surface area (TPSA) is 4.36 Å². The van der Waals surface area contributed by atoms with Gasteiger partial charge in [-0.3, -0.25) is 0 Å². The van der Waals surface area contributed by atoms with E-state index in [1.807, 2.05) is 6.07 Å². The first kappa shape index (κ1) is 9.29. The van der Waals surface area contributed by atoms with Crippen LogP contribution < -0.4 is 0 Å². The molecular formula is C9H10AsFN+. The van der Waals surface area contributed by atoms with E-state index in [0.29, 0.717) is 5.56 Å². The number of nitrogens with zero attached hydrogens (tertiary/aromatic N) is 1. The molecule has 1 atom stereocenters. The van der Waals surface area contributed by atoms with Gasteiger partial charge in [0.2, 0.25) is 0 Å². The van der Waals surface area contributed by atoms with Gasteiger partial charge in [0, 0.05) is 0 Å². The van der Waals surface area contributed by atoms with E-state index in [9.17, 15) is 4.39 Å². The van der Waals surface area contributed by atoms with Gasteiger partial charge in [0.1, 0.15) is 0 Å². The fraction of sp³-hybridized carbons (Fsp3) is 0.222. The summed E-state index contributed by atoms with van der Waals surface area (Å²) in [6.45, 7) is 0. The Morgan fingerprint density at radius 3 is 2.83 bits per heavy atom. The van der Waals surface area contributed by atoms with Crippen LogP contribution in [-0.2, 0) is 5.21 Å². The summed E-state index contributed by atoms with van der Waals surface area (Å²) in [6.07, 6.45) is 0. The molecule has 0 aliphatic heterocycles. The SMILES string of the molecule is C[N+]#Cc1cc(F)cc(C[AsH2])c1. The third-order valence-corrected chi connectivity index (χ3v) is 2.42. The summed E-state index contributed by atoms with van der Waals surface area (Å²) < 4.78 is 12.9. The van der Waals surface area contributed by atoms with Crippen molar-refractivity contribution in [2.45, 2.75) is 5.21 Å². The second kappa shape index (κ2) is 4.28. The molecule has 1 aromatic rings. The van der Waals surface area contributed by atoms with Gasteiger partial charge in [-0.2, -0.15) is 0 Å². The average Bonchev–Trinajstić information content (AvgIpc) is 2.04. The van der Waals surface area contributed by atoms with Gasteiger partial charge in [-0.05, 0) is 0 Å². The number of hydrogen-bond acceptors (Lipinski definition) is 0. The molecule has 0 aliphatic rings. The van der Waals surface area contributed by atoms with Crippen molar-refractivity contribution in [2.24, 2.45) is 0 Å². The zero-order valence-electron chi connectivity index (χ0n) is 6.84. The summed E-state index contributed by atoms with van der Waals surface area (Å²) in [7, 11) is 1.63. The second-order valence-corrected chi connectivity index (χ2v) is 3.24. The molecule has 62 valence electrons. The Kier molecular flexibility index (Phi) is 3.31. The predicted octanol–water partition coefficient (Wildman–Crippen LogP) is 1.27. The van der Waals surface area contributed by atoms with Crippen molar-refractivity contribution in [1.29, 1.82) is 0 Å². The number of halogens is 1. The summed E-state index contributed by atoms with van der Waals surface area (Å²) in [4.78, 5) is 3.71. The van der Waals surface area contributed by atoms with Crippen molar-refractivity contribution in [3.05, 3.63) is 40.0 Å². The second-order valence-electron chi connectivity index (χ2n) is 2.39. The molecule has 0 radical (unpaired) electrons. The fourth-order valence-electron chi connectivity index (χ4n) is 0.962. The third kappa shape index (κ3) is 2.36. The van der Waals surface area contributed by atoms with Gasteiger partial charge in [-0.1, -0.05) is 0 Å². The summed E-state index contributed by atoms with van der Waals surface area (Å²) in [5.41, 5.74) is 1.71. The fourth-order valence-corrected chi connectivity index (χ4v) is 1.46. The molecule has 0 spiro atoms. The zero-order chi connectivity index (χ0) is 8.97. The molecule has 0 N–H and O–H groups in total. The van der Waals surface area contributed by atoms with E-state index in [0.717, 1.165) is 10.8 Å². The number of benzene rings is 1. The predicted molar refractivity (Wildman–Crippen MR) is 50.9 cm³/mol. The molecule has 1 aromatic carbocycles. The monoisotopic (exact) mass is 226 g/mol. The Bertz CT molecular complexity index is 338. The minimum atomic E-state index is -0.212. The molecule has 3 heteroatoms. The number of hydrogen-bond donors (Lipinski definition) is 0. The van der Waals surface area contributed by atoms with Crippen LogP contribution in [0.2, 0.25) is 0 Å². The first-order valence-electron chi connectivity index (χ1n) is 3.60. The Labute approximate surface area is 79.9 Å². The van der Waals surface area contributed by atoms with Gasteiger partial charge in [0.05, 0.1) is 0 Å². The van der Waals surface area contributed by atoms with E-state index in [1.54, 1.807) is 30.0 Å². The molecule has 1 nitrogen and oxygen atoms in total. The van der Waals surface area contributed by atoms with Crippen LogP contribution in [0.15, 0.2) is 18.2 Å². The summed E-state index contributed by atoms with van der Waals surface area (Å²) in [5, 5.41) is 0.892. The van der Waals surface area contributed by atoms with Crippen molar-refractivity contribution in [3.63, 3.8) is 0 Å². The maximum absolute atomic E-state index is 12.9. The molecule has 0 bridgehead atoms. The Hall–Kier alpha value is -0.802. The summed E-state index contributed by atoms with van der Waals surface area (Å²) in [5.74, 6) is -0.212. The Balaban J connectivity index is 3.12. The van der Waals surface area contributed by atoms with Crippen molar-refractivity contribution < 1.29 is 4.39 Å². The van der Waals surface area contributed by atoms with Crippen LogP contribution in [0.5, 0.6) is 0 Å². The Morgan fingerprint density at radius 2 is 2.25 bits per heavy atom. The molecule has 1 rings (SSSR count). The van der Waals surface area contributed by atoms with Crippen molar-refractivity contribution in [3.8, 4) is 6.07 Å². The first-order valence-corrected chi connectivity index (χ1v) is 5.32. The maximum atomic E-state index is 12.9. The standard InChI is InChI=1S/C9H10AsFN/c1-12-6-8-2-7(5-10)3-9(11)4-8/h2-4H,5,10H2,1H3/q+1. The van der Waals surface area contributed by atoms with Crippen LogP contribution in [0.1, 0.15) is 11.1 Å². The zero-order valence-corrected chi connectivity index (χ0v) is 9.26. The summed E-state index contributed by atoms with van der Waals surface area (Å²) in [6, 6.07) is 7.59. The van der Waals surface area contributed by atoms with Crippen molar-refractivity contribution in [1.82, 2.24) is 0 Å². The molecule has 0 amide bonds. The summed E-state index contributed by atoms with van der Waals surface area (Å²) >= 11 is 1.57. The van der Waals surface area contributed by atoms with Gasteiger partial charge in [0.25, 0.3) is 0 Å². The van der Waals surface area contributed by atoms with Crippen LogP contribution in [0.25, 0.3) is 4.85 Å². The average molecular weight is 226 g/mol. The van der Waals surface area contributed by atoms with E-state index in [2.05, 4.69) is 10.9 Å². The van der Waals surface area contributed by atoms with Gasteiger partial charge in [0.15, 0.2) is 0 Å². The molecule has 0 saturated carbocycles. The molecule has 1 unspecified atom stereocenters. The van der Waals surface area contributed by atoms with E-state index >= 15 is 0 Å². The van der Waals surface area contributed by atoms with Crippen molar-refractivity contribution in [2.75, 3.05) is 7.05 Å². The van der Waals surface area contributed by atoms with Crippen molar-refractivity contribution >= 4 is 16.9 Å². The first-order chi connectivity index (χ1) is 5.76. The molecule has 0 aliphatic carbocycles. The molecule has 0 heterocycles.